The maximum atomic E-state index is 12.1. The number of hydrogen-bond donors (Lipinski definition) is 2. The maximum Gasteiger partial charge on any atom is 0.337 e. The Kier molecular flexibility index (Phi) is 3.97. The Morgan fingerprint density at radius 2 is 2.10 bits per heavy atom. The van der Waals surface area contributed by atoms with Crippen molar-refractivity contribution >= 4 is 17.7 Å². The van der Waals surface area contributed by atoms with E-state index in [2.05, 4.69) is 12.2 Å². The average molecular weight is 276 g/mol. The third-order valence-electron chi connectivity index (χ3n) is 3.87. The zero-order chi connectivity index (χ0) is 14.9. The monoisotopic (exact) mass is 276 g/mol. The van der Waals surface area contributed by atoms with Gasteiger partial charge in [-0.3, -0.25) is 0 Å². The Balaban J connectivity index is 2.09. The van der Waals surface area contributed by atoms with Gasteiger partial charge >= 0.3 is 12.0 Å². The van der Waals surface area contributed by atoms with Crippen LogP contribution in [0.5, 0.6) is 0 Å². The van der Waals surface area contributed by atoms with E-state index in [1.54, 1.807) is 31.0 Å². The summed E-state index contributed by atoms with van der Waals surface area (Å²) in [5, 5.41) is 11.9. The summed E-state index contributed by atoms with van der Waals surface area (Å²) in [6, 6.07) is 4.68. The second-order valence-electron chi connectivity index (χ2n) is 5.59. The molecule has 2 atom stereocenters. The van der Waals surface area contributed by atoms with E-state index in [1.807, 2.05) is 0 Å². The summed E-state index contributed by atoms with van der Waals surface area (Å²) in [6.07, 6.45) is 1.16. The van der Waals surface area contributed by atoms with E-state index in [-0.39, 0.29) is 11.6 Å². The molecule has 5 nitrogen and oxygen atoms in total. The number of rotatable bonds is 4. The standard InChI is InChI=1S/C15H20N2O3/c1-9-5-4-6-12(14(18)19)13(9)16-15(20)17(3)8-11-7-10(11)2/h4-6,10-11H,7-8H2,1-3H3,(H,16,20)(H,18,19). The van der Waals surface area contributed by atoms with Crippen LogP contribution in [0.4, 0.5) is 10.5 Å². The number of para-hydroxylation sites is 1. The molecule has 0 radical (unpaired) electrons. The Bertz CT molecular complexity index is 542. The van der Waals surface area contributed by atoms with Crippen molar-refractivity contribution in [2.45, 2.75) is 20.3 Å². The SMILES string of the molecule is Cc1cccc(C(=O)O)c1NC(=O)N(C)CC1CC1C. The molecular formula is C15H20N2O3. The highest BCUT2D eigenvalue weighted by molar-refractivity contribution is 6.00. The van der Waals surface area contributed by atoms with Gasteiger partial charge in [-0.1, -0.05) is 19.1 Å². The van der Waals surface area contributed by atoms with Crippen molar-refractivity contribution < 1.29 is 14.7 Å². The van der Waals surface area contributed by atoms with E-state index in [0.29, 0.717) is 24.1 Å². The summed E-state index contributed by atoms with van der Waals surface area (Å²) in [7, 11) is 1.74. The van der Waals surface area contributed by atoms with Crippen LogP contribution in [0, 0.1) is 18.8 Å². The fraction of sp³-hybridized carbons (Fsp3) is 0.467. The second kappa shape index (κ2) is 5.53. The second-order valence-corrected chi connectivity index (χ2v) is 5.59. The number of carbonyl (C=O) groups is 2. The molecule has 20 heavy (non-hydrogen) atoms. The molecule has 0 heterocycles. The average Bonchev–Trinajstić information content (AvgIpc) is 3.06. The van der Waals surface area contributed by atoms with E-state index >= 15 is 0 Å². The van der Waals surface area contributed by atoms with Crippen LogP contribution in [0.3, 0.4) is 0 Å². The fourth-order valence-electron chi connectivity index (χ4n) is 2.30. The summed E-state index contributed by atoms with van der Waals surface area (Å²) in [6.45, 7) is 4.66. The number of carbonyl (C=O) groups excluding carboxylic acids is 1. The fourth-order valence-corrected chi connectivity index (χ4v) is 2.30. The van der Waals surface area contributed by atoms with Gasteiger partial charge in [0.15, 0.2) is 0 Å². The van der Waals surface area contributed by atoms with Crippen molar-refractivity contribution in [3.63, 3.8) is 0 Å². The van der Waals surface area contributed by atoms with Crippen LogP contribution >= 0.6 is 0 Å². The molecule has 0 aliphatic heterocycles. The minimum atomic E-state index is -1.04. The number of benzene rings is 1. The molecule has 0 saturated heterocycles. The maximum absolute atomic E-state index is 12.1. The molecule has 0 aromatic heterocycles. The van der Waals surface area contributed by atoms with Crippen LogP contribution in [0.25, 0.3) is 0 Å². The van der Waals surface area contributed by atoms with Gasteiger partial charge in [-0.05, 0) is 36.8 Å². The molecule has 2 N–H and O–H groups in total. The van der Waals surface area contributed by atoms with Crippen molar-refractivity contribution in [2.75, 3.05) is 18.9 Å². The molecule has 108 valence electrons. The van der Waals surface area contributed by atoms with Crippen LogP contribution < -0.4 is 5.32 Å². The molecule has 2 amide bonds. The zero-order valence-electron chi connectivity index (χ0n) is 12.0. The summed E-state index contributed by atoms with van der Waals surface area (Å²) in [4.78, 5) is 24.9. The first-order valence-electron chi connectivity index (χ1n) is 6.75. The minimum absolute atomic E-state index is 0.117. The molecule has 1 aliphatic rings. The van der Waals surface area contributed by atoms with Crippen molar-refractivity contribution in [1.29, 1.82) is 0 Å². The minimum Gasteiger partial charge on any atom is -0.478 e. The first-order chi connectivity index (χ1) is 9.40. The number of hydrogen-bond acceptors (Lipinski definition) is 2. The van der Waals surface area contributed by atoms with Gasteiger partial charge in [0.1, 0.15) is 0 Å². The van der Waals surface area contributed by atoms with Crippen LogP contribution in [-0.2, 0) is 0 Å². The third kappa shape index (κ3) is 3.10. The molecule has 1 aromatic carbocycles. The molecule has 2 unspecified atom stereocenters. The lowest BCUT2D eigenvalue weighted by atomic mass is 10.1. The molecule has 2 rings (SSSR count). The molecule has 0 bridgehead atoms. The highest BCUT2D eigenvalue weighted by Crippen LogP contribution is 2.38. The molecular weight excluding hydrogens is 256 g/mol. The predicted octanol–water partition coefficient (Wildman–Crippen LogP) is 2.81. The molecule has 1 aliphatic carbocycles. The largest absolute Gasteiger partial charge is 0.478 e. The number of carboxylic acids is 1. The highest BCUT2D eigenvalue weighted by atomic mass is 16.4. The Hall–Kier alpha value is -2.04. The number of urea groups is 1. The summed E-state index contributed by atoms with van der Waals surface area (Å²) >= 11 is 0. The Morgan fingerprint density at radius 3 is 2.65 bits per heavy atom. The number of nitrogens with one attached hydrogen (secondary N) is 1. The summed E-state index contributed by atoms with van der Waals surface area (Å²) in [5.41, 5.74) is 1.23. The van der Waals surface area contributed by atoms with E-state index in [1.165, 1.54) is 6.07 Å². The number of anilines is 1. The van der Waals surface area contributed by atoms with Gasteiger partial charge in [0, 0.05) is 13.6 Å². The molecule has 1 saturated carbocycles. The van der Waals surface area contributed by atoms with Crippen molar-refractivity contribution in [3.05, 3.63) is 29.3 Å². The van der Waals surface area contributed by atoms with Gasteiger partial charge in [0.25, 0.3) is 0 Å². The summed E-state index contributed by atoms with van der Waals surface area (Å²) < 4.78 is 0. The van der Waals surface area contributed by atoms with Gasteiger partial charge in [-0.25, -0.2) is 9.59 Å². The van der Waals surface area contributed by atoms with Gasteiger partial charge in [0.05, 0.1) is 11.3 Å². The van der Waals surface area contributed by atoms with E-state index in [9.17, 15) is 9.59 Å². The van der Waals surface area contributed by atoms with Gasteiger partial charge in [-0.2, -0.15) is 0 Å². The van der Waals surface area contributed by atoms with Crippen LogP contribution in [0.1, 0.15) is 29.3 Å². The zero-order valence-corrected chi connectivity index (χ0v) is 12.0. The smallest absolute Gasteiger partial charge is 0.337 e. The molecule has 5 heteroatoms. The Labute approximate surface area is 118 Å². The highest BCUT2D eigenvalue weighted by Gasteiger charge is 2.34. The normalized spacial score (nSPS) is 20.4. The molecule has 1 aromatic rings. The van der Waals surface area contributed by atoms with Crippen LogP contribution in [0.15, 0.2) is 18.2 Å². The van der Waals surface area contributed by atoms with Crippen molar-refractivity contribution in [3.8, 4) is 0 Å². The number of aromatic carboxylic acids is 1. The van der Waals surface area contributed by atoms with Gasteiger partial charge < -0.3 is 15.3 Å². The van der Waals surface area contributed by atoms with E-state index in [4.69, 9.17) is 5.11 Å². The van der Waals surface area contributed by atoms with Crippen LogP contribution in [0.2, 0.25) is 0 Å². The lowest BCUT2D eigenvalue weighted by molar-refractivity contribution is 0.0698. The molecule has 0 spiro atoms. The lowest BCUT2D eigenvalue weighted by Crippen LogP contribution is -2.33. The van der Waals surface area contributed by atoms with Crippen molar-refractivity contribution in [1.82, 2.24) is 4.90 Å². The number of carboxylic acid groups (broad SMARTS) is 1. The van der Waals surface area contributed by atoms with Crippen molar-refractivity contribution in [2.24, 2.45) is 11.8 Å². The predicted molar refractivity (Wildman–Crippen MR) is 77.1 cm³/mol. The van der Waals surface area contributed by atoms with Gasteiger partial charge in [-0.15, -0.1) is 0 Å². The summed E-state index contributed by atoms with van der Waals surface area (Å²) in [5.74, 6) is 0.210. The lowest BCUT2D eigenvalue weighted by Gasteiger charge is -2.19. The van der Waals surface area contributed by atoms with Gasteiger partial charge in [0.2, 0.25) is 0 Å². The first kappa shape index (κ1) is 14.4. The molecule has 1 fully saturated rings. The quantitative estimate of drug-likeness (QED) is 0.888. The number of aryl methyl sites for hydroxylation is 1. The number of nitrogens with zero attached hydrogens (tertiary/aromatic N) is 1. The van der Waals surface area contributed by atoms with Crippen LogP contribution in [-0.4, -0.2) is 35.6 Å². The topological polar surface area (TPSA) is 69.6 Å². The van der Waals surface area contributed by atoms with E-state index < -0.39 is 5.97 Å². The van der Waals surface area contributed by atoms with E-state index in [0.717, 1.165) is 12.0 Å². The first-order valence-corrected chi connectivity index (χ1v) is 6.75. The Morgan fingerprint density at radius 1 is 1.45 bits per heavy atom. The third-order valence-corrected chi connectivity index (χ3v) is 3.87. The number of amides is 2.